The Balaban J connectivity index is 1.38. The highest BCUT2D eigenvalue weighted by atomic mass is 16.4. The molecule has 2 heterocycles. The summed E-state index contributed by atoms with van der Waals surface area (Å²) in [7, 11) is 0. The van der Waals surface area contributed by atoms with E-state index < -0.39 is 0 Å². The Hall–Kier alpha value is -1.94. The Morgan fingerprint density at radius 3 is 2.50 bits per heavy atom. The summed E-state index contributed by atoms with van der Waals surface area (Å²) < 4.78 is 5.86. The normalized spacial score (nSPS) is 14.6. The van der Waals surface area contributed by atoms with E-state index in [1.54, 1.807) is 0 Å². The Kier molecular flexibility index (Phi) is 7.84. The van der Waals surface area contributed by atoms with Crippen LogP contribution in [0.1, 0.15) is 68.9 Å². The lowest BCUT2D eigenvalue weighted by Crippen LogP contribution is -2.20. The van der Waals surface area contributed by atoms with Gasteiger partial charge in [-0.25, -0.2) is 4.98 Å². The molecule has 0 saturated carbocycles. The highest BCUT2D eigenvalue weighted by Crippen LogP contribution is 2.23. The van der Waals surface area contributed by atoms with Crippen LogP contribution in [-0.4, -0.2) is 35.3 Å². The van der Waals surface area contributed by atoms with Crippen molar-refractivity contribution in [3.05, 3.63) is 41.3 Å². The zero-order valence-electron chi connectivity index (χ0n) is 17.5. The third-order valence-corrected chi connectivity index (χ3v) is 5.75. The SMILES string of the molecule is CCc1ccc(-c2nc(CCCC(=O)CCCCN3CCCC3)c(C)o2)cc1. The molecule has 0 bridgehead atoms. The van der Waals surface area contributed by atoms with Crippen molar-refractivity contribution in [3.63, 3.8) is 0 Å². The van der Waals surface area contributed by atoms with E-state index in [9.17, 15) is 4.79 Å². The fourth-order valence-corrected chi connectivity index (χ4v) is 3.91. The van der Waals surface area contributed by atoms with E-state index in [-0.39, 0.29) is 0 Å². The van der Waals surface area contributed by atoms with E-state index in [2.05, 4.69) is 41.1 Å². The largest absolute Gasteiger partial charge is 0.441 e. The Morgan fingerprint density at radius 2 is 1.79 bits per heavy atom. The van der Waals surface area contributed by atoms with Crippen LogP contribution in [-0.2, 0) is 17.6 Å². The number of benzene rings is 1. The summed E-state index contributed by atoms with van der Waals surface area (Å²) in [6, 6.07) is 8.38. The highest BCUT2D eigenvalue weighted by Gasteiger charge is 2.13. The minimum atomic E-state index is 0.387. The molecule has 0 radical (unpaired) electrons. The number of oxazole rings is 1. The maximum Gasteiger partial charge on any atom is 0.226 e. The molecule has 1 aliphatic heterocycles. The predicted molar refractivity (Wildman–Crippen MR) is 114 cm³/mol. The molecule has 1 fully saturated rings. The van der Waals surface area contributed by atoms with E-state index in [0.717, 1.165) is 62.1 Å². The van der Waals surface area contributed by atoms with E-state index in [0.29, 0.717) is 18.1 Å². The molecule has 0 atom stereocenters. The van der Waals surface area contributed by atoms with Crippen LogP contribution >= 0.6 is 0 Å². The van der Waals surface area contributed by atoms with Crippen LogP contribution < -0.4 is 0 Å². The lowest BCUT2D eigenvalue weighted by molar-refractivity contribution is -0.119. The maximum absolute atomic E-state index is 12.1. The van der Waals surface area contributed by atoms with Gasteiger partial charge in [-0.05, 0) is 89.2 Å². The molecule has 0 amide bonds. The zero-order chi connectivity index (χ0) is 19.8. The molecule has 0 aliphatic carbocycles. The third kappa shape index (κ3) is 6.03. The van der Waals surface area contributed by atoms with Gasteiger partial charge in [0, 0.05) is 18.4 Å². The standard InChI is InChI=1S/C24H34N2O2/c1-3-20-12-14-21(15-13-20)24-25-23(19(2)28-24)11-8-10-22(27)9-4-5-16-26-17-6-7-18-26/h12-15H,3-11,16-18H2,1-2H3. The average molecular weight is 383 g/mol. The Morgan fingerprint density at radius 1 is 1.07 bits per heavy atom. The van der Waals surface area contributed by atoms with Gasteiger partial charge in [-0.1, -0.05) is 19.1 Å². The fourth-order valence-electron chi connectivity index (χ4n) is 3.91. The molecule has 1 aromatic carbocycles. The second-order valence-electron chi connectivity index (χ2n) is 7.97. The molecular weight excluding hydrogens is 348 g/mol. The number of carbonyl (C=O) groups is 1. The molecule has 2 aromatic rings. The molecular formula is C24H34N2O2. The van der Waals surface area contributed by atoms with Crippen LogP contribution in [0.25, 0.3) is 11.5 Å². The van der Waals surface area contributed by atoms with Crippen LogP contribution in [0.3, 0.4) is 0 Å². The van der Waals surface area contributed by atoms with E-state index in [1.165, 1.54) is 31.5 Å². The second kappa shape index (κ2) is 10.6. The number of hydrogen-bond acceptors (Lipinski definition) is 4. The van der Waals surface area contributed by atoms with Crippen molar-refractivity contribution in [2.24, 2.45) is 0 Å². The summed E-state index contributed by atoms with van der Waals surface area (Å²) in [5.74, 6) is 1.94. The first-order valence-electron chi connectivity index (χ1n) is 11.0. The van der Waals surface area contributed by atoms with Gasteiger partial charge >= 0.3 is 0 Å². The molecule has 1 saturated heterocycles. The summed E-state index contributed by atoms with van der Waals surface area (Å²) in [6.07, 6.45) is 8.91. The van der Waals surface area contributed by atoms with Gasteiger partial charge in [0.1, 0.15) is 11.5 Å². The molecule has 4 nitrogen and oxygen atoms in total. The van der Waals surface area contributed by atoms with Crippen LogP contribution in [0.5, 0.6) is 0 Å². The predicted octanol–water partition coefficient (Wildman–Crippen LogP) is 5.37. The number of carbonyl (C=O) groups excluding carboxylic acids is 1. The second-order valence-corrected chi connectivity index (χ2v) is 7.97. The third-order valence-electron chi connectivity index (χ3n) is 5.75. The van der Waals surface area contributed by atoms with Gasteiger partial charge in [0.05, 0.1) is 5.69 Å². The number of ketones is 1. The molecule has 152 valence electrons. The lowest BCUT2D eigenvalue weighted by Gasteiger charge is -2.13. The van der Waals surface area contributed by atoms with Crippen molar-refractivity contribution in [2.45, 2.75) is 71.6 Å². The van der Waals surface area contributed by atoms with Crippen LogP contribution in [0.4, 0.5) is 0 Å². The molecule has 1 aliphatic rings. The van der Waals surface area contributed by atoms with Crippen molar-refractivity contribution in [3.8, 4) is 11.5 Å². The first-order valence-corrected chi connectivity index (χ1v) is 11.0. The summed E-state index contributed by atoms with van der Waals surface area (Å²) in [4.78, 5) is 19.3. The average Bonchev–Trinajstić information content (AvgIpc) is 3.35. The van der Waals surface area contributed by atoms with Crippen molar-refractivity contribution >= 4 is 5.78 Å². The highest BCUT2D eigenvalue weighted by molar-refractivity contribution is 5.78. The molecule has 1 aromatic heterocycles. The summed E-state index contributed by atoms with van der Waals surface area (Å²) >= 11 is 0. The van der Waals surface area contributed by atoms with E-state index in [4.69, 9.17) is 4.42 Å². The minimum Gasteiger partial charge on any atom is -0.441 e. The van der Waals surface area contributed by atoms with E-state index >= 15 is 0 Å². The van der Waals surface area contributed by atoms with Crippen molar-refractivity contribution in [1.82, 2.24) is 9.88 Å². The Bertz CT molecular complexity index is 742. The monoisotopic (exact) mass is 382 g/mol. The molecule has 3 rings (SSSR count). The lowest BCUT2D eigenvalue weighted by atomic mass is 10.1. The maximum atomic E-state index is 12.1. The number of nitrogens with zero attached hydrogens (tertiary/aromatic N) is 2. The van der Waals surface area contributed by atoms with Crippen molar-refractivity contribution < 1.29 is 9.21 Å². The van der Waals surface area contributed by atoms with Crippen molar-refractivity contribution in [1.29, 1.82) is 0 Å². The van der Waals surface area contributed by atoms with Gasteiger partial charge in [-0.3, -0.25) is 4.79 Å². The van der Waals surface area contributed by atoms with Gasteiger partial charge in [0.25, 0.3) is 0 Å². The van der Waals surface area contributed by atoms with E-state index in [1.807, 2.05) is 6.92 Å². The van der Waals surface area contributed by atoms with Crippen LogP contribution in [0.15, 0.2) is 28.7 Å². The first kappa shape index (κ1) is 20.8. The number of likely N-dealkylation sites (tertiary alicyclic amines) is 1. The van der Waals surface area contributed by atoms with Gasteiger partial charge in [-0.15, -0.1) is 0 Å². The number of Topliss-reactive ketones (excluding diaryl/α,β-unsaturated/α-hetero) is 1. The molecule has 0 spiro atoms. The summed E-state index contributed by atoms with van der Waals surface area (Å²) in [5, 5.41) is 0. The smallest absolute Gasteiger partial charge is 0.226 e. The number of rotatable bonds is 11. The molecule has 28 heavy (non-hydrogen) atoms. The Labute approximate surface area is 169 Å². The zero-order valence-corrected chi connectivity index (χ0v) is 17.5. The molecule has 4 heteroatoms. The number of aromatic nitrogens is 1. The summed E-state index contributed by atoms with van der Waals surface area (Å²) in [5.41, 5.74) is 3.31. The topological polar surface area (TPSA) is 46.3 Å². The number of hydrogen-bond donors (Lipinski definition) is 0. The van der Waals surface area contributed by atoms with Gasteiger partial charge in [0.2, 0.25) is 5.89 Å². The first-order chi connectivity index (χ1) is 13.7. The molecule has 0 N–H and O–H groups in total. The number of unbranched alkanes of at least 4 members (excludes halogenated alkanes) is 1. The quantitative estimate of drug-likeness (QED) is 0.490. The van der Waals surface area contributed by atoms with Crippen molar-refractivity contribution in [2.75, 3.05) is 19.6 Å². The van der Waals surface area contributed by atoms with Gasteiger partial charge in [-0.2, -0.15) is 0 Å². The fraction of sp³-hybridized carbons (Fsp3) is 0.583. The molecule has 0 unspecified atom stereocenters. The van der Waals surface area contributed by atoms with Crippen LogP contribution in [0, 0.1) is 6.92 Å². The van der Waals surface area contributed by atoms with Gasteiger partial charge < -0.3 is 9.32 Å². The minimum absolute atomic E-state index is 0.387. The van der Waals surface area contributed by atoms with Crippen LogP contribution in [0.2, 0.25) is 0 Å². The van der Waals surface area contributed by atoms with Gasteiger partial charge in [0.15, 0.2) is 0 Å². The summed E-state index contributed by atoms with van der Waals surface area (Å²) in [6.45, 7) is 7.77. The number of aryl methyl sites for hydroxylation is 3.